The number of alkyl carbamates (subject to hydrolysis) is 1. The Hall–Kier alpha value is -3.54. The van der Waals surface area contributed by atoms with E-state index < -0.39 is 40.9 Å². The predicted molar refractivity (Wildman–Crippen MR) is 187 cm³/mol. The highest BCUT2D eigenvalue weighted by atomic mass is 16.6. The van der Waals surface area contributed by atoms with Gasteiger partial charge in [0.05, 0.1) is 19.3 Å². The lowest BCUT2D eigenvalue weighted by Gasteiger charge is -2.34. The van der Waals surface area contributed by atoms with E-state index in [0.717, 1.165) is 30.6 Å². The average Bonchev–Trinajstić information content (AvgIpc) is 3.39. The number of rotatable bonds is 7. The van der Waals surface area contributed by atoms with E-state index in [0.29, 0.717) is 32.7 Å². The molecule has 0 aromatic heterocycles. The van der Waals surface area contributed by atoms with Crippen molar-refractivity contribution in [3.05, 3.63) is 29.8 Å². The molecule has 1 aromatic rings. The van der Waals surface area contributed by atoms with E-state index in [9.17, 15) is 19.2 Å². The fraction of sp³-hybridized carbons (Fsp3) is 0.730. The Morgan fingerprint density at radius 2 is 1.57 bits per heavy atom. The van der Waals surface area contributed by atoms with Gasteiger partial charge in [0.15, 0.2) is 0 Å². The molecule has 2 heterocycles. The van der Waals surface area contributed by atoms with Crippen LogP contribution in [0.15, 0.2) is 24.3 Å². The van der Waals surface area contributed by atoms with E-state index >= 15 is 0 Å². The molecule has 1 aliphatic carbocycles. The first-order chi connectivity index (χ1) is 22.8. The molecule has 0 spiro atoms. The SMILES string of the molecule is CC(C)C1COCCCCOc2ccc(cc2)CC(NC(=O)NC(C)(CC2CCC(NC(=O)OC(C)(C)C)C2)C(=O)OC(C)(C)C)C(=O)N1. The first kappa shape index (κ1) is 39.9. The van der Waals surface area contributed by atoms with Crippen LogP contribution in [-0.2, 0) is 30.2 Å². The molecule has 0 radical (unpaired) electrons. The van der Waals surface area contributed by atoms with Gasteiger partial charge in [0.2, 0.25) is 5.91 Å². The molecule has 12 nitrogen and oxygen atoms in total. The molecule has 3 aliphatic rings. The minimum Gasteiger partial charge on any atom is -0.494 e. The number of fused-ring (bicyclic) bond motifs is 13. The van der Waals surface area contributed by atoms with Gasteiger partial charge >= 0.3 is 18.1 Å². The summed E-state index contributed by atoms with van der Waals surface area (Å²) in [5.41, 5.74) is -1.98. The Bertz CT molecular complexity index is 1260. The van der Waals surface area contributed by atoms with Gasteiger partial charge in [-0.2, -0.15) is 0 Å². The summed E-state index contributed by atoms with van der Waals surface area (Å²) in [6.07, 6.45) is 3.78. The molecule has 4 amide bonds. The van der Waals surface area contributed by atoms with Crippen molar-refractivity contribution in [1.29, 1.82) is 0 Å². The van der Waals surface area contributed by atoms with Gasteiger partial charge in [0.25, 0.3) is 0 Å². The number of hydrogen-bond donors (Lipinski definition) is 4. The summed E-state index contributed by atoms with van der Waals surface area (Å²) in [6, 6.07) is 5.50. The number of nitrogens with one attached hydrogen (secondary N) is 4. The zero-order valence-corrected chi connectivity index (χ0v) is 31.0. The van der Waals surface area contributed by atoms with Gasteiger partial charge in [-0.3, -0.25) is 4.79 Å². The van der Waals surface area contributed by atoms with Crippen LogP contribution in [0, 0.1) is 11.8 Å². The van der Waals surface area contributed by atoms with Crippen molar-refractivity contribution in [2.75, 3.05) is 19.8 Å². The number of carbonyl (C=O) groups excluding carboxylic acids is 4. The van der Waals surface area contributed by atoms with Crippen LogP contribution in [0.5, 0.6) is 5.75 Å². The summed E-state index contributed by atoms with van der Waals surface area (Å²) in [5.74, 6) is -0.0944. The standard InChI is InChI=1S/C37H60N4O8/c1-24(2)30-23-46-18-10-11-19-47-28-16-13-25(14-17-28)21-29(31(42)39-30)40-33(44)41-37(9,32(43)48-35(3,4)5)22-26-12-15-27(20-26)38-34(45)49-36(6,7)8/h13-14,16-17,24,26-27,29-30H,10-12,15,18-23H2,1-9H3,(H,38,45)(H,39,42)(H2,40,41,44). The van der Waals surface area contributed by atoms with E-state index in [1.165, 1.54) is 0 Å². The molecule has 0 saturated heterocycles. The van der Waals surface area contributed by atoms with E-state index in [4.69, 9.17) is 18.9 Å². The first-order valence-corrected chi connectivity index (χ1v) is 17.7. The number of benzene rings is 1. The number of esters is 1. The molecule has 4 N–H and O–H groups in total. The summed E-state index contributed by atoms with van der Waals surface area (Å²) in [7, 11) is 0. The van der Waals surface area contributed by atoms with Crippen LogP contribution in [0.1, 0.15) is 106 Å². The van der Waals surface area contributed by atoms with Crippen LogP contribution in [-0.4, -0.2) is 78.7 Å². The van der Waals surface area contributed by atoms with E-state index in [-0.39, 0.29) is 42.7 Å². The molecule has 1 fully saturated rings. The van der Waals surface area contributed by atoms with Crippen molar-refractivity contribution in [3.8, 4) is 5.75 Å². The lowest BCUT2D eigenvalue weighted by Crippen LogP contribution is -2.61. The van der Waals surface area contributed by atoms with Crippen molar-refractivity contribution in [2.45, 2.75) is 142 Å². The van der Waals surface area contributed by atoms with Crippen LogP contribution in [0.25, 0.3) is 0 Å². The second-order valence-electron chi connectivity index (χ2n) is 16.0. The van der Waals surface area contributed by atoms with Crippen LogP contribution < -0.4 is 26.0 Å². The maximum atomic E-state index is 13.8. The Labute approximate surface area is 292 Å². The normalized spacial score (nSPS) is 23.8. The Morgan fingerprint density at radius 1 is 0.918 bits per heavy atom. The van der Waals surface area contributed by atoms with Crippen molar-refractivity contribution < 1.29 is 38.1 Å². The highest BCUT2D eigenvalue weighted by Gasteiger charge is 2.43. The number of ether oxygens (including phenoxy) is 4. The summed E-state index contributed by atoms with van der Waals surface area (Å²) in [4.78, 5) is 53.6. The molecule has 12 heteroatoms. The molecule has 1 aromatic carbocycles. The fourth-order valence-electron chi connectivity index (χ4n) is 6.02. The maximum Gasteiger partial charge on any atom is 0.407 e. The molecule has 2 bridgehead atoms. The van der Waals surface area contributed by atoms with Crippen LogP contribution in [0.3, 0.4) is 0 Å². The molecule has 4 rings (SSSR count). The topological polar surface area (TPSA) is 153 Å². The first-order valence-electron chi connectivity index (χ1n) is 17.7. The van der Waals surface area contributed by atoms with E-state index in [2.05, 4.69) is 21.3 Å². The van der Waals surface area contributed by atoms with Crippen LogP contribution in [0.2, 0.25) is 0 Å². The Kier molecular flexibility index (Phi) is 14.2. The lowest BCUT2D eigenvalue weighted by molar-refractivity contribution is -0.162. The molecule has 5 atom stereocenters. The Balaban J connectivity index is 1.79. The monoisotopic (exact) mass is 688 g/mol. The lowest BCUT2D eigenvalue weighted by atomic mass is 9.87. The number of hydrogen-bond acceptors (Lipinski definition) is 8. The third kappa shape index (κ3) is 14.1. The van der Waals surface area contributed by atoms with Gasteiger partial charge in [0, 0.05) is 19.1 Å². The summed E-state index contributed by atoms with van der Waals surface area (Å²) < 4.78 is 23.0. The highest BCUT2D eigenvalue weighted by Crippen LogP contribution is 2.34. The van der Waals surface area contributed by atoms with Gasteiger partial charge < -0.3 is 40.2 Å². The summed E-state index contributed by atoms with van der Waals surface area (Å²) in [5, 5.41) is 11.8. The van der Waals surface area contributed by atoms with Gasteiger partial charge in [0.1, 0.15) is 28.5 Å². The summed E-state index contributed by atoms with van der Waals surface area (Å²) >= 11 is 0. The van der Waals surface area contributed by atoms with Crippen LogP contribution in [0.4, 0.5) is 9.59 Å². The van der Waals surface area contributed by atoms with E-state index in [1.807, 2.05) is 58.9 Å². The largest absolute Gasteiger partial charge is 0.494 e. The van der Waals surface area contributed by atoms with Gasteiger partial charge in [-0.15, -0.1) is 0 Å². The van der Waals surface area contributed by atoms with Gasteiger partial charge in [-0.1, -0.05) is 26.0 Å². The quantitative estimate of drug-likeness (QED) is 0.278. The highest BCUT2D eigenvalue weighted by molar-refractivity contribution is 5.91. The van der Waals surface area contributed by atoms with Gasteiger partial charge in [-0.05, 0) is 117 Å². The second-order valence-corrected chi connectivity index (χ2v) is 16.0. The number of amides is 4. The smallest absolute Gasteiger partial charge is 0.407 e. The third-order valence-corrected chi connectivity index (χ3v) is 8.56. The molecule has 2 aliphatic heterocycles. The average molecular weight is 689 g/mol. The minimum absolute atomic E-state index is 0.0104. The molecular weight excluding hydrogens is 628 g/mol. The third-order valence-electron chi connectivity index (χ3n) is 8.56. The molecule has 5 unspecified atom stereocenters. The fourth-order valence-corrected chi connectivity index (χ4v) is 6.02. The molecule has 1 saturated carbocycles. The molecular formula is C37H60N4O8. The van der Waals surface area contributed by atoms with E-state index in [1.54, 1.807) is 27.7 Å². The minimum atomic E-state index is -1.41. The predicted octanol–water partition coefficient (Wildman–Crippen LogP) is 5.41. The maximum absolute atomic E-state index is 13.8. The van der Waals surface area contributed by atoms with Crippen molar-refractivity contribution >= 4 is 24.0 Å². The van der Waals surface area contributed by atoms with Crippen molar-refractivity contribution in [3.63, 3.8) is 0 Å². The Morgan fingerprint density at radius 3 is 2.20 bits per heavy atom. The zero-order valence-electron chi connectivity index (χ0n) is 31.0. The van der Waals surface area contributed by atoms with Gasteiger partial charge in [-0.25, -0.2) is 14.4 Å². The summed E-state index contributed by atoms with van der Waals surface area (Å²) in [6.45, 7) is 17.9. The molecule has 276 valence electrons. The zero-order chi connectivity index (χ0) is 36.4. The second kappa shape index (κ2) is 17.4. The number of urea groups is 1. The van der Waals surface area contributed by atoms with Crippen molar-refractivity contribution in [2.24, 2.45) is 11.8 Å². The number of carbonyl (C=O) groups is 4. The molecule has 49 heavy (non-hydrogen) atoms. The van der Waals surface area contributed by atoms with Crippen molar-refractivity contribution in [1.82, 2.24) is 21.3 Å². The van der Waals surface area contributed by atoms with Crippen LogP contribution >= 0.6 is 0 Å².